The molecule has 1 aliphatic carbocycles. The van der Waals surface area contributed by atoms with Crippen LogP contribution in [0.15, 0.2) is 30.3 Å². The molecule has 0 unspecified atom stereocenters. The van der Waals surface area contributed by atoms with Gasteiger partial charge in [0.15, 0.2) is 0 Å². The summed E-state index contributed by atoms with van der Waals surface area (Å²) in [5.41, 5.74) is 0.927. The molecule has 3 amide bonds. The summed E-state index contributed by atoms with van der Waals surface area (Å²) in [4.78, 5) is 43.0. The van der Waals surface area contributed by atoms with E-state index in [1.165, 1.54) is 6.42 Å². The minimum Gasteiger partial charge on any atom is -0.389 e. The third-order valence-electron chi connectivity index (χ3n) is 8.11. The van der Waals surface area contributed by atoms with Gasteiger partial charge < -0.3 is 30.6 Å². The first-order valence-electron chi connectivity index (χ1n) is 15.0. The average molecular weight is 571 g/mol. The SMILES string of the molecule is C#CC[C@H](O)[C@H](O)[C@H](CC1CCCCC1)NC(=O)CNC(=O)[C@@H](CC(=O)N(C)CCN(C)CC)Cc1ccccc1. The van der Waals surface area contributed by atoms with Crippen molar-refractivity contribution in [2.75, 3.05) is 40.3 Å². The van der Waals surface area contributed by atoms with Crippen LogP contribution in [0.3, 0.4) is 0 Å². The van der Waals surface area contributed by atoms with Gasteiger partial charge in [0.25, 0.3) is 0 Å². The average Bonchev–Trinajstić information content (AvgIpc) is 2.98. The lowest BCUT2D eigenvalue weighted by Crippen LogP contribution is -2.52. The molecule has 9 nitrogen and oxygen atoms in total. The number of hydrogen-bond donors (Lipinski definition) is 4. The Hall–Kier alpha value is -2.93. The molecule has 1 aromatic rings. The summed E-state index contributed by atoms with van der Waals surface area (Å²) in [5, 5.41) is 26.6. The first kappa shape index (κ1) is 34.3. The van der Waals surface area contributed by atoms with Gasteiger partial charge in [0.2, 0.25) is 17.7 Å². The molecule has 0 radical (unpaired) electrons. The summed E-state index contributed by atoms with van der Waals surface area (Å²) in [6, 6.07) is 8.82. The Labute approximate surface area is 246 Å². The van der Waals surface area contributed by atoms with E-state index in [0.29, 0.717) is 25.3 Å². The summed E-state index contributed by atoms with van der Waals surface area (Å²) in [6.07, 6.45) is 9.28. The lowest BCUT2D eigenvalue weighted by molar-refractivity contribution is -0.136. The predicted octanol–water partition coefficient (Wildman–Crippen LogP) is 1.96. The van der Waals surface area contributed by atoms with Crippen molar-refractivity contribution >= 4 is 17.7 Å². The highest BCUT2D eigenvalue weighted by molar-refractivity contribution is 5.89. The second kappa shape index (κ2) is 18.5. The number of hydrogen-bond acceptors (Lipinski definition) is 6. The van der Waals surface area contributed by atoms with E-state index in [2.05, 4.69) is 28.4 Å². The highest BCUT2D eigenvalue weighted by Crippen LogP contribution is 2.28. The smallest absolute Gasteiger partial charge is 0.239 e. The maximum absolute atomic E-state index is 13.3. The molecule has 0 bridgehead atoms. The number of nitrogens with zero attached hydrogens (tertiary/aromatic N) is 2. The maximum Gasteiger partial charge on any atom is 0.239 e. The number of likely N-dealkylation sites (N-methyl/N-ethyl adjacent to an activating group) is 2. The Morgan fingerprint density at radius 2 is 1.76 bits per heavy atom. The number of terminal acetylenes is 1. The Morgan fingerprint density at radius 1 is 1.07 bits per heavy atom. The van der Waals surface area contributed by atoms with Crippen LogP contribution in [0.4, 0.5) is 0 Å². The number of carbonyl (C=O) groups excluding carboxylic acids is 3. The molecule has 1 aliphatic rings. The zero-order valence-corrected chi connectivity index (χ0v) is 25.1. The van der Waals surface area contributed by atoms with Crippen LogP contribution in [0, 0.1) is 24.2 Å². The summed E-state index contributed by atoms with van der Waals surface area (Å²) in [6.45, 7) is 3.93. The Bertz CT molecular complexity index is 976. The summed E-state index contributed by atoms with van der Waals surface area (Å²) < 4.78 is 0. The number of amides is 3. The van der Waals surface area contributed by atoms with Gasteiger partial charge in [0.05, 0.1) is 24.6 Å². The quantitative estimate of drug-likeness (QED) is 0.213. The van der Waals surface area contributed by atoms with Gasteiger partial charge in [-0.1, -0.05) is 69.4 Å². The van der Waals surface area contributed by atoms with Gasteiger partial charge in [0, 0.05) is 33.0 Å². The molecular weight excluding hydrogens is 520 g/mol. The highest BCUT2D eigenvalue weighted by Gasteiger charge is 2.31. The molecule has 0 saturated heterocycles. The number of aliphatic hydroxyl groups is 2. The van der Waals surface area contributed by atoms with Gasteiger partial charge in [-0.25, -0.2) is 0 Å². The van der Waals surface area contributed by atoms with Gasteiger partial charge in [-0.2, -0.15) is 0 Å². The van der Waals surface area contributed by atoms with Gasteiger partial charge in [-0.3, -0.25) is 14.4 Å². The molecule has 1 fully saturated rings. The Balaban J connectivity index is 2.03. The Kier molecular flexibility index (Phi) is 15.5. The number of nitrogens with one attached hydrogen (secondary N) is 2. The van der Waals surface area contributed by atoms with Crippen molar-refractivity contribution < 1.29 is 24.6 Å². The lowest BCUT2D eigenvalue weighted by Gasteiger charge is -2.32. The molecule has 1 saturated carbocycles. The largest absolute Gasteiger partial charge is 0.389 e. The third kappa shape index (κ3) is 12.6. The van der Waals surface area contributed by atoms with Crippen LogP contribution in [0.2, 0.25) is 0 Å². The van der Waals surface area contributed by atoms with Crippen molar-refractivity contribution in [3.05, 3.63) is 35.9 Å². The second-order valence-corrected chi connectivity index (χ2v) is 11.4. The van der Waals surface area contributed by atoms with Gasteiger partial charge >= 0.3 is 0 Å². The molecule has 0 heterocycles. The van der Waals surface area contributed by atoms with E-state index in [-0.39, 0.29) is 31.2 Å². The molecule has 2 rings (SSSR count). The number of benzene rings is 1. The first-order valence-corrected chi connectivity index (χ1v) is 15.0. The van der Waals surface area contributed by atoms with Crippen molar-refractivity contribution in [3.8, 4) is 12.3 Å². The molecule has 0 aliphatic heterocycles. The lowest BCUT2D eigenvalue weighted by atomic mass is 9.83. The maximum atomic E-state index is 13.3. The highest BCUT2D eigenvalue weighted by atomic mass is 16.3. The van der Waals surface area contributed by atoms with E-state index < -0.39 is 30.1 Å². The number of aliphatic hydroxyl groups excluding tert-OH is 2. The number of carbonyl (C=O) groups is 3. The predicted molar refractivity (Wildman–Crippen MR) is 161 cm³/mol. The van der Waals surface area contributed by atoms with Crippen LogP contribution < -0.4 is 10.6 Å². The van der Waals surface area contributed by atoms with E-state index in [4.69, 9.17) is 6.42 Å². The van der Waals surface area contributed by atoms with Crippen LogP contribution in [0.1, 0.15) is 63.9 Å². The zero-order chi connectivity index (χ0) is 30.2. The van der Waals surface area contributed by atoms with Crippen LogP contribution in [0.5, 0.6) is 0 Å². The number of rotatable bonds is 17. The van der Waals surface area contributed by atoms with Crippen molar-refractivity contribution in [3.63, 3.8) is 0 Å². The summed E-state index contributed by atoms with van der Waals surface area (Å²) in [5.74, 6) is 1.08. The molecule has 4 N–H and O–H groups in total. The molecule has 1 aromatic carbocycles. The van der Waals surface area contributed by atoms with Crippen LogP contribution in [0.25, 0.3) is 0 Å². The summed E-state index contributed by atoms with van der Waals surface area (Å²) >= 11 is 0. The van der Waals surface area contributed by atoms with Crippen molar-refractivity contribution in [2.45, 2.75) is 83.0 Å². The van der Waals surface area contributed by atoms with E-state index in [0.717, 1.165) is 44.3 Å². The van der Waals surface area contributed by atoms with Gasteiger partial charge in [-0.15, -0.1) is 12.3 Å². The molecule has 4 atom stereocenters. The third-order valence-corrected chi connectivity index (χ3v) is 8.11. The standard InChI is InChI=1S/C32H50N4O5/c1-5-13-28(37)31(40)27(21-25-16-11-8-12-17-25)34-29(38)23-33-32(41)26(20-24-14-9-7-10-15-24)22-30(39)36(4)19-18-35(3)6-2/h1,7,9-10,14-15,25-28,31,37,40H,6,8,11-13,16-23H2,2-4H3,(H,33,41)(H,34,38)/t26-,27+,28+,31-/m1/s1. The van der Waals surface area contributed by atoms with Crippen molar-refractivity contribution in [1.29, 1.82) is 0 Å². The molecule has 228 valence electrons. The van der Waals surface area contributed by atoms with E-state index in [1.54, 1.807) is 11.9 Å². The van der Waals surface area contributed by atoms with E-state index in [9.17, 15) is 24.6 Å². The summed E-state index contributed by atoms with van der Waals surface area (Å²) in [7, 11) is 3.73. The Morgan fingerprint density at radius 3 is 2.39 bits per heavy atom. The molecule has 9 heteroatoms. The van der Waals surface area contributed by atoms with Crippen molar-refractivity contribution in [1.82, 2.24) is 20.4 Å². The van der Waals surface area contributed by atoms with Crippen LogP contribution in [-0.4, -0.2) is 96.3 Å². The van der Waals surface area contributed by atoms with Crippen molar-refractivity contribution in [2.24, 2.45) is 11.8 Å². The zero-order valence-electron chi connectivity index (χ0n) is 25.1. The monoisotopic (exact) mass is 570 g/mol. The first-order chi connectivity index (χ1) is 19.6. The molecule has 41 heavy (non-hydrogen) atoms. The van der Waals surface area contributed by atoms with Gasteiger partial charge in [-0.05, 0) is 37.9 Å². The fourth-order valence-electron chi connectivity index (χ4n) is 5.27. The molecular formula is C32H50N4O5. The van der Waals surface area contributed by atoms with E-state index in [1.807, 2.05) is 37.4 Å². The second-order valence-electron chi connectivity index (χ2n) is 11.4. The van der Waals surface area contributed by atoms with Crippen LogP contribution >= 0.6 is 0 Å². The normalized spacial score (nSPS) is 16.7. The fraction of sp³-hybridized carbons (Fsp3) is 0.656. The van der Waals surface area contributed by atoms with Gasteiger partial charge in [0.1, 0.15) is 6.10 Å². The topological polar surface area (TPSA) is 122 Å². The molecule has 0 spiro atoms. The minimum atomic E-state index is -1.21. The minimum absolute atomic E-state index is 0.0205. The molecule has 0 aromatic heterocycles. The van der Waals surface area contributed by atoms with E-state index >= 15 is 0 Å². The van der Waals surface area contributed by atoms with Crippen LogP contribution in [-0.2, 0) is 20.8 Å². The fourth-order valence-corrected chi connectivity index (χ4v) is 5.27.